The zero-order chi connectivity index (χ0) is 23.0. The Labute approximate surface area is 205 Å². The summed E-state index contributed by atoms with van der Waals surface area (Å²) in [6.45, 7) is 0. The molecule has 3 heterocycles. The molecule has 3 aromatic heterocycles. The van der Waals surface area contributed by atoms with Crippen LogP contribution in [0, 0.1) is 0 Å². The average molecular weight is 462 g/mol. The van der Waals surface area contributed by atoms with Crippen molar-refractivity contribution >= 4 is 50.1 Å². The Morgan fingerprint density at radius 1 is 0.353 bits per heavy atom. The Kier molecular flexibility index (Phi) is 8.36. The highest BCUT2D eigenvalue weighted by Crippen LogP contribution is 2.08. The molecule has 0 spiro atoms. The summed E-state index contributed by atoms with van der Waals surface area (Å²) in [5.74, 6) is 0. The maximum atomic E-state index is 10.8. The fraction of sp³-hybridized carbons (Fsp3) is 0. The lowest BCUT2D eigenvalue weighted by Gasteiger charge is -1.93. The largest absolute Gasteiger partial charge is 0.322 e. The van der Waals surface area contributed by atoms with E-state index in [1.807, 2.05) is 91.0 Å². The summed E-state index contributed by atoms with van der Waals surface area (Å²) in [6, 6.07) is 33.1. The number of nitrogens with one attached hydrogen (secondary N) is 3. The highest BCUT2D eigenvalue weighted by molar-refractivity contribution is 5.79. The molecule has 0 bridgehead atoms. The number of H-pyrrole nitrogens is 3. The third-order valence-corrected chi connectivity index (χ3v) is 4.90. The zero-order valence-corrected chi connectivity index (χ0v) is 19.3. The van der Waals surface area contributed by atoms with Gasteiger partial charge in [0.2, 0.25) is 16.7 Å². The fourth-order valence-corrected chi connectivity index (χ4v) is 3.29. The molecule has 3 N–H and O–H groups in total. The highest BCUT2D eigenvalue weighted by atomic mass is 27.0. The Hall–Kier alpha value is -4.18. The summed E-state index contributed by atoms with van der Waals surface area (Å²) in [5, 5.41) is 3.19. The Morgan fingerprint density at radius 3 is 0.912 bits per heavy atom. The Bertz CT molecular complexity index is 1500. The van der Waals surface area contributed by atoms with Crippen LogP contribution in [-0.4, -0.2) is 32.3 Å². The number of hydrogen-bond acceptors (Lipinski definition) is 3. The predicted octanol–water partition coefficient (Wildman–Crippen LogP) is 4.20. The van der Waals surface area contributed by atoms with Crippen LogP contribution in [0.2, 0.25) is 0 Å². The van der Waals surface area contributed by atoms with E-state index in [2.05, 4.69) is 15.0 Å². The van der Waals surface area contributed by atoms with Gasteiger partial charge in [0.1, 0.15) is 0 Å². The van der Waals surface area contributed by atoms with Crippen molar-refractivity contribution in [2.24, 2.45) is 0 Å². The Balaban J connectivity index is 0.000000141. The second-order valence-corrected chi connectivity index (χ2v) is 7.23. The van der Waals surface area contributed by atoms with E-state index in [4.69, 9.17) is 0 Å². The molecule has 6 nitrogen and oxygen atoms in total. The normalized spacial score (nSPS) is 9.88. The van der Waals surface area contributed by atoms with E-state index >= 15 is 0 Å². The van der Waals surface area contributed by atoms with E-state index in [9.17, 15) is 14.4 Å². The van der Waals surface area contributed by atoms with Gasteiger partial charge < -0.3 is 15.0 Å². The van der Waals surface area contributed by atoms with Crippen molar-refractivity contribution in [3.63, 3.8) is 0 Å². The van der Waals surface area contributed by atoms with Crippen LogP contribution in [0.3, 0.4) is 0 Å². The van der Waals surface area contributed by atoms with E-state index in [1.54, 1.807) is 0 Å². The van der Waals surface area contributed by atoms with Gasteiger partial charge in [0, 0.05) is 52.1 Å². The molecule has 7 heteroatoms. The van der Waals surface area contributed by atoms with Gasteiger partial charge in [-0.05, 0) is 52.6 Å². The molecule has 0 aliphatic rings. The van der Waals surface area contributed by atoms with Crippen LogP contribution in [0.4, 0.5) is 0 Å². The maximum Gasteiger partial charge on any atom is 0.248 e. The molecule has 0 aliphatic carbocycles. The minimum atomic E-state index is -0.0521. The van der Waals surface area contributed by atoms with Crippen LogP contribution < -0.4 is 16.7 Å². The van der Waals surface area contributed by atoms with Crippen LogP contribution in [0.15, 0.2) is 124 Å². The standard InChI is InChI=1S/3C9H7NO.Al/c3*11-9-6-5-7-3-1-2-4-8(7)10-9;/h3*1-6H,(H,10,11);. The molecule has 3 aromatic carbocycles. The first-order chi connectivity index (χ1) is 16.1. The van der Waals surface area contributed by atoms with Gasteiger partial charge in [-0.3, -0.25) is 14.4 Å². The molecule has 6 rings (SSSR count). The molecule has 0 amide bonds. The highest BCUT2D eigenvalue weighted by Gasteiger charge is 1.91. The van der Waals surface area contributed by atoms with Crippen LogP contribution in [-0.2, 0) is 0 Å². The molecular formula is C27H21AlN3O3. The topological polar surface area (TPSA) is 98.6 Å². The fourth-order valence-electron chi connectivity index (χ4n) is 3.29. The number of benzene rings is 3. The smallest absolute Gasteiger partial charge is 0.248 e. The van der Waals surface area contributed by atoms with E-state index in [0.29, 0.717) is 0 Å². The molecule has 6 aromatic rings. The molecule has 0 unspecified atom stereocenters. The van der Waals surface area contributed by atoms with Gasteiger partial charge in [-0.1, -0.05) is 54.6 Å². The first-order valence-corrected chi connectivity index (χ1v) is 10.3. The van der Waals surface area contributed by atoms with E-state index in [-0.39, 0.29) is 34.0 Å². The van der Waals surface area contributed by atoms with Crippen molar-refractivity contribution in [3.05, 3.63) is 140 Å². The summed E-state index contributed by atoms with van der Waals surface area (Å²) in [5.41, 5.74) is 2.51. The summed E-state index contributed by atoms with van der Waals surface area (Å²) in [6.07, 6.45) is 0. The monoisotopic (exact) mass is 462 g/mol. The second-order valence-electron chi connectivity index (χ2n) is 7.23. The van der Waals surface area contributed by atoms with Crippen molar-refractivity contribution in [1.29, 1.82) is 0 Å². The van der Waals surface area contributed by atoms with E-state index in [0.717, 1.165) is 32.7 Å². The van der Waals surface area contributed by atoms with Crippen molar-refractivity contribution in [3.8, 4) is 0 Å². The van der Waals surface area contributed by atoms with Gasteiger partial charge in [-0.25, -0.2) is 0 Å². The van der Waals surface area contributed by atoms with E-state index in [1.165, 1.54) is 18.2 Å². The third-order valence-electron chi connectivity index (χ3n) is 4.90. The predicted molar refractivity (Wildman–Crippen MR) is 139 cm³/mol. The van der Waals surface area contributed by atoms with Gasteiger partial charge >= 0.3 is 0 Å². The first kappa shape index (κ1) is 24.5. The van der Waals surface area contributed by atoms with Gasteiger partial charge in [0.15, 0.2) is 0 Å². The number of pyridine rings is 3. The van der Waals surface area contributed by atoms with Gasteiger partial charge in [-0.15, -0.1) is 0 Å². The summed E-state index contributed by atoms with van der Waals surface area (Å²) in [4.78, 5) is 40.7. The molecule has 3 radical (unpaired) electrons. The molecule has 34 heavy (non-hydrogen) atoms. The number of aromatic amines is 3. The molecular weight excluding hydrogens is 441 g/mol. The van der Waals surface area contributed by atoms with Crippen LogP contribution in [0.25, 0.3) is 32.7 Å². The number of hydrogen-bond donors (Lipinski definition) is 3. The van der Waals surface area contributed by atoms with Crippen molar-refractivity contribution in [2.45, 2.75) is 0 Å². The lowest BCUT2D eigenvalue weighted by Crippen LogP contribution is -2.01. The quantitative estimate of drug-likeness (QED) is 0.295. The van der Waals surface area contributed by atoms with Gasteiger partial charge in [0.25, 0.3) is 0 Å². The van der Waals surface area contributed by atoms with Crippen LogP contribution in [0.5, 0.6) is 0 Å². The second kappa shape index (κ2) is 11.6. The lowest BCUT2D eigenvalue weighted by atomic mass is 10.2. The van der Waals surface area contributed by atoms with E-state index < -0.39 is 0 Å². The molecule has 165 valence electrons. The SMILES string of the molecule is O=c1ccc2ccccc2[nH]1.O=c1ccc2ccccc2[nH]1.O=c1ccc2ccccc2[nH]1.[Al]. The van der Waals surface area contributed by atoms with Crippen molar-refractivity contribution < 1.29 is 0 Å². The summed E-state index contributed by atoms with van der Waals surface area (Å²) >= 11 is 0. The first-order valence-electron chi connectivity index (χ1n) is 10.3. The van der Waals surface area contributed by atoms with Crippen LogP contribution >= 0.6 is 0 Å². The van der Waals surface area contributed by atoms with Crippen molar-refractivity contribution in [2.75, 3.05) is 0 Å². The lowest BCUT2D eigenvalue weighted by molar-refractivity contribution is 1.31. The van der Waals surface area contributed by atoms with Gasteiger partial charge in [-0.2, -0.15) is 0 Å². The number of para-hydroxylation sites is 3. The molecule has 0 fully saturated rings. The summed E-state index contributed by atoms with van der Waals surface area (Å²) < 4.78 is 0. The third kappa shape index (κ3) is 6.42. The van der Waals surface area contributed by atoms with Gasteiger partial charge in [0.05, 0.1) is 0 Å². The zero-order valence-electron chi connectivity index (χ0n) is 18.2. The number of aromatic nitrogens is 3. The average Bonchev–Trinajstić information content (AvgIpc) is 2.84. The molecule has 0 saturated heterocycles. The van der Waals surface area contributed by atoms with Crippen LogP contribution in [0.1, 0.15) is 0 Å². The van der Waals surface area contributed by atoms with Crippen molar-refractivity contribution in [1.82, 2.24) is 15.0 Å². The molecule has 0 atom stereocenters. The molecule has 0 saturated carbocycles. The minimum Gasteiger partial charge on any atom is -0.322 e. The molecule has 0 aliphatic heterocycles. The Morgan fingerprint density at radius 2 is 0.618 bits per heavy atom. The minimum absolute atomic E-state index is 0. The summed E-state index contributed by atoms with van der Waals surface area (Å²) in [7, 11) is 0. The number of rotatable bonds is 0. The maximum absolute atomic E-state index is 10.8. The number of fused-ring (bicyclic) bond motifs is 3.